The summed E-state index contributed by atoms with van der Waals surface area (Å²) in [4.78, 5) is 17.8. The zero-order valence-corrected chi connectivity index (χ0v) is 24.4. The third-order valence-corrected chi connectivity index (χ3v) is 8.39. The van der Waals surface area contributed by atoms with Crippen molar-refractivity contribution in [1.82, 2.24) is 10.2 Å². The van der Waals surface area contributed by atoms with Gasteiger partial charge in [-0.15, -0.1) is 0 Å². The number of hydrogen-bond acceptors (Lipinski definition) is 6. The summed E-state index contributed by atoms with van der Waals surface area (Å²) in [6.07, 6.45) is 2.98. The minimum absolute atomic E-state index is 0.0158. The molecule has 214 valence electrons. The van der Waals surface area contributed by atoms with Crippen LogP contribution in [-0.2, 0) is 6.54 Å². The number of anilines is 1. The summed E-state index contributed by atoms with van der Waals surface area (Å²) in [6.45, 7) is 10.7. The van der Waals surface area contributed by atoms with Crippen LogP contribution in [-0.4, -0.2) is 55.7 Å². The first kappa shape index (κ1) is 28.5. The van der Waals surface area contributed by atoms with E-state index in [2.05, 4.69) is 46.3 Å². The Hall–Kier alpha value is -4.02. The second-order valence-electron chi connectivity index (χ2n) is 11.2. The number of piperidine rings is 1. The fourth-order valence-electron chi connectivity index (χ4n) is 6.05. The quantitative estimate of drug-likeness (QED) is 0.371. The maximum atomic E-state index is 12.8. The second-order valence-corrected chi connectivity index (χ2v) is 11.2. The summed E-state index contributed by atoms with van der Waals surface area (Å²) in [5.74, 6) is 1.60. The van der Waals surface area contributed by atoms with Gasteiger partial charge in [-0.1, -0.05) is 30.3 Å². The van der Waals surface area contributed by atoms with E-state index in [0.717, 1.165) is 78.3 Å². The standard InChI is InChI=1S/C34H40N4O3/c1-24-6-4-7-25(2)33(24)34(39)36-15-12-26(3)37-16-13-29(14-17-37)38(23-28-9-5-8-27(20-28)22-35)30-10-11-31-32(21-30)41-19-18-40-31/h4-11,20-21,26,29H,12-19,23H2,1-3H3,(H,36,39). The normalized spacial score (nSPS) is 16.0. The number of nitrogens with zero attached hydrogens (tertiary/aromatic N) is 3. The molecule has 2 aliphatic rings. The number of fused-ring (bicyclic) bond motifs is 1. The molecule has 0 saturated carbocycles. The summed E-state index contributed by atoms with van der Waals surface area (Å²) in [5, 5.41) is 12.6. The maximum Gasteiger partial charge on any atom is 0.251 e. The van der Waals surface area contributed by atoms with Crippen LogP contribution in [0.1, 0.15) is 58.8 Å². The third-order valence-electron chi connectivity index (χ3n) is 8.39. The monoisotopic (exact) mass is 552 g/mol. The summed E-state index contributed by atoms with van der Waals surface area (Å²) in [5.41, 5.74) is 5.73. The predicted molar refractivity (Wildman–Crippen MR) is 162 cm³/mol. The van der Waals surface area contributed by atoms with Crippen molar-refractivity contribution < 1.29 is 14.3 Å². The third kappa shape index (κ3) is 6.83. The summed E-state index contributed by atoms with van der Waals surface area (Å²) >= 11 is 0. The number of ether oxygens (including phenoxy) is 2. The number of carbonyl (C=O) groups is 1. The largest absolute Gasteiger partial charge is 0.486 e. The van der Waals surface area contributed by atoms with Crippen molar-refractivity contribution in [3.63, 3.8) is 0 Å². The molecule has 41 heavy (non-hydrogen) atoms. The average molecular weight is 553 g/mol. The van der Waals surface area contributed by atoms with E-state index in [9.17, 15) is 10.1 Å². The Labute approximate surface area is 243 Å². The van der Waals surface area contributed by atoms with Crippen molar-refractivity contribution in [2.24, 2.45) is 0 Å². The molecule has 2 aliphatic heterocycles. The molecular weight excluding hydrogens is 512 g/mol. The fourth-order valence-corrected chi connectivity index (χ4v) is 6.05. The maximum absolute atomic E-state index is 12.8. The summed E-state index contributed by atoms with van der Waals surface area (Å²) in [6, 6.07) is 23.1. The van der Waals surface area contributed by atoms with Gasteiger partial charge >= 0.3 is 0 Å². The lowest BCUT2D eigenvalue weighted by molar-refractivity contribution is 0.0944. The zero-order chi connectivity index (χ0) is 28.8. The number of nitriles is 1. The van der Waals surface area contributed by atoms with Gasteiger partial charge in [-0.25, -0.2) is 0 Å². The first-order chi connectivity index (χ1) is 19.9. The lowest BCUT2D eigenvalue weighted by Gasteiger charge is -2.42. The Morgan fingerprint density at radius 2 is 1.73 bits per heavy atom. The summed E-state index contributed by atoms with van der Waals surface area (Å²) in [7, 11) is 0. The van der Waals surface area contributed by atoms with Crippen LogP contribution >= 0.6 is 0 Å². The zero-order valence-electron chi connectivity index (χ0n) is 24.4. The second kappa shape index (κ2) is 13.1. The lowest BCUT2D eigenvalue weighted by Crippen LogP contribution is -2.48. The van der Waals surface area contributed by atoms with E-state index in [1.165, 1.54) is 0 Å². The van der Waals surface area contributed by atoms with E-state index < -0.39 is 0 Å². The number of hydrogen-bond donors (Lipinski definition) is 1. The van der Waals surface area contributed by atoms with E-state index in [1.807, 2.05) is 56.3 Å². The molecule has 3 aromatic rings. The van der Waals surface area contributed by atoms with Crippen LogP contribution in [0.5, 0.6) is 11.5 Å². The molecule has 0 spiro atoms. The highest BCUT2D eigenvalue weighted by molar-refractivity contribution is 5.97. The first-order valence-electron chi connectivity index (χ1n) is 14.7. The number of amides is 1. The summed E-state index contributed by atoms with van der Waals surface area (Å²) < 4.78 is 11.7. The molecule has 0 aliphatic carbocycles. The fraction of sp³-hybridized carbons (Fsp3) is 0.412. The van der Waals surface area contributed by atoms with E-state index in [0.29, 0.717) is 37.4 Å². The van der Waals surface area contributed by atoms with Gasteiger partial charge in [0.15, 0.2) is 11.5 Å². The van der Waals surface area contributed by atoms with Gasteiger partial charge in [0, 0.05) is 55.6 Å². The minimum Gasteiger partial charge on any atom is -0.486 e. The molecule has 2 heterocycles. The van der Waals surface area contributed by atoms with Crippen LogP contribution in [0, 0.1) is 25.2 Å². The molecule has 0 bridgehead atoms. The van der Waals surface area contributed by atoms with Gasteiger partial charge in [0.25, 0.3) is 5.91 Å². The Kier molecular flexibility index (Phi) is 9.11. The van der Waals surface area contributed by atoms with Crippen LogP contribution < -0.4 is 19.7 Å². The Bertz CT molecular complexity index is 1390. The van der Waals surface area contributed by atoms with E-state index in [4.69, 9.17) is 9.47 Å². The smallest absolute Gasteiger partial charge is 0.251 e. The molecule has 1 saturated heterocycles. The predicted octanol–water partition coefficient (Wildman–Crippen LogP) is 5.63. The molecule has 7 heteroatoms. The Morgan fingerprint density at radius 1 is 1.02 bits per heavy atom. The SMILES string of the molecule is Cc1cccc(C)c1C(=O)NCCC(C)N1CCC(N(Cc2cccc(C#N)c2)c2ccc3c(c2)OCCO3)CC1. The highest BCUT2D eigenvalue weighted by atomic mass is 16.6. The molecular formula is C34H40N4O3. The molecule has 1 fully saturated rings. The van der Waals surface area contributed by atoms with Gasteiger partial charge in [-0.05, 0) is 81.0 Å². The van der Waals surface area contributed by atoms with E-state index in [-0.39, 0.29) is 5.91 Å². The van der Waals surface area contributed by atoms with Crippen LogP contribution in [0.2, 0.25) is 0 Å². The molecule has 1 atom stereocenters. The van der Waals surface area contributed by atoms with Crippen LogP contribution in [0.25, 0.3) is 0 Å². The lowest BCUT2D eigenvalue weighted by atomic mass is 9.98. The highest BCUT2D eigenvalue weighted by Crippen LogP contribution is 2.36. The Morgan fingerprint density at radius 3 is 2.46 bits per heavy atom. The minimum atomic E-state index is 0.0158. The van der Waals surface area contributed by atoms with Gasteiger partial charge in [-0.3, -0.25) is 4.79 Å². The van der Waals surface area contributed by atoms with Gasteiger partial charge in [0.2, 0.25) is 0 Å². The molecule has 1 N–H and O–H groups in total. The first-order valence-corrected chi connectivity index (χ1v) is 14.7. The molecule has 3 aromatic carbocycles. The van der Waals surface area contributed by atoms with Crippen molar-refractivity contribution >= 4 is 11.6 Å². The number of likely N-dealkylation sites (tertiary alicyclic amines) is 1. The van der Waals surface area contributed by atoms with Gasteiger partial charge in [-0.2, -0.15) is 5.26 Å². The van der Waals surface area contributed by atoms with Crippen LogP contribution in [0.4, 0.5) is 5.69 Å². The number of aryl methyl sites for hydroxylation is 2. The number of carbonyl (C=O) groups excluding carboxylic acids is 1. The number of nitrogens with one attached hydrogen (secondary N) is 1. The van der Waals surface area contributed by atoms with Crippen molar-refractivity contribution in [3.8, 4) is 17.6 Å². The molecule has 1 unspecified atom stereocenters. The van der Waals surface area contributed by atoms with Crippen LogP contribution in [0.15, 0.2) is 60.7 Å². The van der Waals surface area contributed by atoms with Gasteiger partial charge in [0.1, 0.15) is 13.2 Å². The molecule has 0 radical (unpaired) electrons. The molecule has 0 aromatic heterocycles. The molecule has 1 amide bonds. The van der Waals surface area contributed by atoms with Crippen molar-refractivity contribution in [2.45, 2.75) is 58.7 Å². The number of rotatable bonds is 9. The molecule has 7 nitrogen and oxygen atoms in total. The van der Waals surface area contributed by atoms with Crippen LogP contribution in [0.3, 0.4) is 0 Å². The van der Waals surface area contributed by atoms with Crippen molar-refractivity contribution in [3.05, 3.63) is 88.5 Å². The highest BCUT2D eigenvalue weighted by Gasteiger charge is 2.28. The number of benzene rings is 3. The van der Waals surface area contributed by atoms with Gasteiger partial charge < -0.3 is 24.6 Å². The van der Waals surface area contributed by atoms with Gasteiger partial charge in [0.05, 0.1) is 11.6 Å². The molecule has 5 rings (SSSR count). The topological polar surface area (TPSA) is 77.8 Å². The van der Waals surface area contributed by atoms with E-state index in [1.54, 1.807) is 0 Å². The van der Waals surface area contributed by atoms with Crippen molar-refractivity contribution in [2.75, 3.05) is 37.7 Å². The average Bonchev–Trinajstić information content (AvgIpc) is 2.99. The van der Waals surface area contributed by atoms with E-state index >= 15 is 0 Å². The Balaban J connectivity index is 1.21. The van der Waals surface area contributed by atoms with Crippen molar-refractivity contribution in [1.29, 1.82) is 5.26 Å².